The first-order valence-corrected chi connectivity index (χ1v) is 5.81. The molecule has 1 heterocycles. The third-order valence-corrected chi connectivity index (χ3v) is 2.97. The summed E-state index contributed by atoms with van der Waals surface area (Å²) in [6.07, 6.45) is 2.57. The molecule has 1 aliphatic heterocycles. The zero-order chi connectivity index (χ0) is 11.2. The van der Waals surface area contributed by atoms with E-state index in [1.165, 1.54) is 18.4 Å². The van der Waals surface area contributed by atoms with Crippen LogP contribution in [0.15, 0.2) is 24.3 Å². The Kier molecular flexibility index (Phi) is 3.92. The van der Waals surface area contributed by atoms with Crippen LogP contribution in [0.5, 0.6) is 0 Å². The Morgan fingerprint density at radius 3 is 2.81 bits per heavy atom. The number of nitrogens with zero attached hydrogens (tertiary/aromatic N) is 1. The van der Waals surface area contributed by atoms with E-state index in [1.807, 2.05) is 24.3 Å². The maximum atomic E-state index is 8.67. The lowest BCUT2D eigenvalue weighted by Crippen LogP contribution is -2.33. The molecule has 0 saturated carbocycles. The monoisotopic (exact) mass is 215 g/mol. The highest BCUT2D eigenvalue weighted by Gasteiger charge is 2.12. The van der Waals surface area contributed by atoms with Gasteiger partial charge in [-0.15, -0.1) is 0 Å². The van der Waals surface area contributed by atoms with Gasteiger partial charge in [0.25, 0.3) is 0 Å². The fourth-order valence-electron chi connectivity index (χ4n) is 2.02. The second-order valence-electron chi connectivity index (χ2n) is 4.23. The number of hydrogen-bond donors (Lipinski definition) is 2. The maximum absolute atomic E-state index is 8.67. The molecule has 0 aromatic heterocycles. The van der Waals surface area contributed by atoms with Gasteiger partial charge in [0.2, 0.25) is 0 Å². The molecule has 0 bridgehead atoms. The lowest BCUT2D eigenvalue weighted by atomic mass is 10.1. The minimum atomic E-state index is 0.637. The van der Waals surface area contributed by atoms with Crippen LogP contribution < -0.4 is 10.6 Å². The number of nitrogens with one attached hydrogen (secondary N) is 2. The Hall–Kier alpha value is -1.37. The van der Waals surface area contributed by atoms with Crippen molar-refractivity contribution >= 4 is 0 Å². The van der Waals surface area contributed by atoms with Crippen molar-refractivity contribution in [1.29, 1.82) is 5.26 Å². The molecule has 1 saturated heterocycles. The van der Waals surface area contributed by atoms with Gasteiger partial charge in [0.1, 0.15) is 0 Å². The normalized spacial score (nSPS) is 19.6. The predicted molar refractivity (Wildman–Crippen MR) is 63.9 cm³/mol. The lowest BCUT2D eigenvalue weighted by Gasteiger charge is -2.11. The van der Waals surface area contributed by atoms with Crippen molar-refractivity contribution in [2.24, 2.45) is 0 Å². The van der Waals surface area contributed by atoms with Gasteiger partial charge in [-0.25, -0.2) is 0 Å². The average Bonchev–Trinajstić information content (AvgIpc) is 2.83. The van der Waals surface area contributed by atoms with Crippen molar-refractivity contribution in [2.45, 2.75) is 25.4 Å². The molecule has 1 aromatic carbocycles. The molecule has 1 atom stereocenters. The number of hydrogen-bond acceptors (Lipinski definition) is 3. The van der Waals surface area contributed by atoms with Crippen LogP contribution in [0.4, 0.5) is 0 Å². The fraction of sp³-hybridized carbons (Fsp3) is 0.462. The van der Waals surface area contributed by atoms with E-state index in [-0.39, 0.29) is 0 Å². The third kappa shape index (κ3) is 3.06. The van der Waals surface area contributed by atoms with E-state index in [9.17, 15) is 0 Å². The van der Waals surface area contributed by atoms with Gasteiger partial charge in [0.15, 0.2) is 0 Å². The van der Waals surface area contributed by atoms with E-state index < -0.39 is 0 Å². The summed E-state index contributed by atoms with van der Waals surface area (Å²) in [7, 11) is 0. The number of rotatable bonds is 4. The topological polar surface area (TPSA) is 47.9 Å². The summed E-state index contributed by atoms with van der Waals surface area (Å²) in [5.41, 5.74) is 1.96. The van der Waals surface area contributed by atoms with Gasteiger partial charge in [-0.3, -0.25) is 0 Å². The summed E-state index contributed by atoms with van der Waals surface area (Å²) in [4.78, 5) is 0. The van der Waals surface area contributed by atoms with Gasteiger partial charge in [-0.05, 0) is 37.1 Å². The zero-order valence-corrected chi connectivity index (χ0v) is 9.37. The van der Waals surface area contributed by atoms with Gasteiger partial charge in [0.05, 0.1) is 11.6 Å². The van der Waals surface area contributed by atoms with E-state index in [2.05, 4.69) is 16.7 Å². The fourth-order valence-corrected chi connectivity index (χ4v) is 2.02. The van der Waals surface area contributed by atoms with Crippen molar-refractivity contribution < 1.29 is 0 Å². The Morgan fingerprint density at radius 1 is 1.38 bits per heavy atom. The van der Waals surface area contributed by atoms with Crippen molar-refractivity contribution in [3.8, 4) is 6.07 Å². The summed E-state index contributed by atoms with van der Waals surface area (Å²) in [6.45, 7) is 3.06. The number of nitriles is 1. The summed E-state index contributed by atoms with van der Waals surface area (Å²) in [6, 6.07) is 10.5. The summed E-state index contributed by atoms with van der Waals surface area (Å²) in [5, 5.41) is 15.6. The highest BCUT2D eigenvalue weighted by atomic mass is 15.0. The molecule has 16 heavy (non-hydrogen) atoms. The first-order valence-electron chi connectivity index (χ1n) is 5.81. The third-order valence-electron chi connectivity index (χ3n) is 2.97. The van der Waals surface area contributed by atoms with Crippen LogP contribution in [0.1, 0.15) is 24.0 Å². The van der Waals surface area contributed by atoms with Gasteiger partial charge in [-0.2, -0.15) is 5.26 Å². The van der Waals surface area contributed by atoms with Gasteiger partial charge >= 0.3 is 0 Å². The second-order valence-corrected chi connectivity index (χ2v) is 4.23. The van der Waals surface area contributed by atoms with E-state index in [0.29, 0.717) is 6.04 Å². The smallest absolute Gasteiger partial charge is 0.0991 e. The van der Waals surface area contributed by atoms with Crippen LogP contribution in [0.25, 0.3) is 0 Å². The molecule has 0 spiro atoms. The van der Waals surface area contributed by atoms with Crippen molar-refractivity contribution in [2.75, 3.05) is 13.1 Å². The molecule has 3 heteroatoms. The molecule has 2 rings (SSSR count). The van der Waals surface area contributed by atoms with Crippen LogP contribution in [-0.4, -0.2) is 19.1 Å². The van der Waals surface area contributed by atoms with E-state index in [1.54, 1.807) is 0 Å². The van der Waals surface area contributed by atoms with Crippen LogP contribution in [0.3, 0.4) is 0 Å². The first-order chi connectivity index (χ1) is 7.88. The Balaban J connectivity index is 1.74. The summed E-state index contributed by atoms with van der Waals surface area (Å²) in [5.74, 6) is 0. The minimum absolute atomic E-state index is 0.637. The molecule has 0 radical (unpaired) electrons. The minimum Gasteiger partial charge on any atom is -0.313 e. The Morgan fingerprint density at radius 2 is 2.19 bits per heavy atom. The Labute approximate surface area is 96.5 Å². The molecule has 2 N–H and O–H groups in total. The molecule has 1 fully saturated rings. The quantitative estimate of drug-likeness (QED) is 0.798. The van der Waals surface area contributed by atoms with E-state index in [0.717, 1.165) is 25.2 Å². The van der Waals surface area contributed by atoms with Gasteiger partial charge < -0.3 is 10.6 Å². The largest absolute Gasteiger partial charge is 0.313 e. The Bertz CT molecular complexity index is 358. The molecular weight excluding hydrogens is 198 g/mol. The molecule has 1 unspecified atom stereocenters. The van der Waals surface area contributed by atoms with Crippen LogP contribution in [-0.2, 0) is 6.54 Å². The zero-order valence-electron chi connectivity index (χ0n) is 9.37. The second kappa shape index (κ2) is 5.64. The van der Waals surface area contributed by atoms with Crippen molar-refractivity contribution in [1.82, 2.24) is 10.6 Å². The standard InChI is InChI=1S/C13H17N3/c14-8-11-3-5-12(6-4-11)9-15-10-13-2-1-7-16-13/h3-6,13,15-16H,1-2,7,9-10H2. The van der Waals surface area contributed by atoms with E-state index in [4.69, 9.17) is 5.26 Å². The molecule has 0 amide bonds. The molecule has 1 aliphatic rings. The molecule has 84 valence electrons. The average molecular weight is 215 g/mol. The molecule has 0 aliphatic carbocycles. The molecule has 1 aromatic rings. The van der Waals surface area contributed by atoms with Crippen LogP contribution in [0, 0.1) is 11.3 Å². The summed E-state index contributed by atoms with van der Waals surface area (Å²) < 4.78 is 0. The summed E-state index contributed by atoms with van der Waals surface area (Å²) >= 11 is 0. The SMILES string of the molecule is N#Cc1ccc(CNCC2CCCN2)cc1. The van der Waals surface area contributed by atoms with Gasteiger partial charge in [-0.1, -0.05) is 12.1 Å². The first kappa shape index (κ1) is 11.1. The maximum Gasteiger partial charge on any atom is 0.0991 e. The lowest BCUT2D eigenvalue weighted by molar-refractivity contribution is 0.536. The van der Waals surface area contributed by atoms with Crippen molar-refractivity contribution in [3.63, 3.8) is 0 Å². The highest BCUT2D eigenvalue weighted by Crippen LogP contribution is 2.05. The predicted octanol–water partition coefficient (Wildman–Crippen LogP) is 1.40. The number of benzene rings is 1. The van der Waals surface area contributed by atoms with Crippen molar-refractivity contribution in [3.05, 3.63) is 35.4 Å². The van der Waals surface area contributed by atoms with Crippen LogP contribution in [0.2, 0.25) is 0 Å². The molecular formula is C13H17N3. The molecule has 3 nitrogen and oxygen atoms in total. The van der Waals surface area contributed by atoms with Crippen LogP contribution >= 0.6 is 0 Å². The highest BCUT2D eigenvalue weighted by molar-refractivity contribution is 5.31. The van der Waals surface area contributed by atoms with Gasteiger partial charge in [0, 0.05) is 19.1 Å². The van der Waals surface area contributed by atoms with E-state index >= 15 is 0 Å².